The van der Waals surface area contributed by atoms with E-state index < -0.39 is 5.91 Å². The molecule has 0 radical (unpaired) electrons. The molecule has 0 unspecified atom stereocenters. The lowest BCUT2D eigenvalue weighted by Crippen LogP contribution is -2.19. The summed E-state index contributed by atoms with van der Waals surface area (Å²) < 4.78 is 17.4. The van der Waals surface area contributed by atoms with Crippen molar-refractivity contribution in [2.45, 2.75) is 13.5 Å². The highest BCUT2D eigenvalue weighted by molar-refractivity contribution is 9.10. The van der Waals surface area contributed by atoms with Gasteiger partial charge in [0.2, 0.25) is 0 Å². The van der Waals surface area contributed by atoms with Gasteiger partial charge in [-0.2, -0.15) is 5.10 Å². The Morgan fingerprint density at radius 1 is 1.14 bits per heavy atom. The number of hydrogen-bond acceptors (Lipinski definition) is 6. The fourth-order valence-corrected chi connectivity index (χ4v) is 4.46. The van der Waals surface area contributed by atoms with Crippen molar-refractivity contribution < 1.29 is 18.8 Å². The van der Waals surface area contributed by atoms with Crippen molar-refractivity contribution in [2.24, 2.45) is 5.10 Å². The predicted molar refractivity (Wildman–Crippen MR) is 143 cm³/mol. The van der Waals surface area contributed by atoms with Crippen molar-refractivity contribution in [3.63, 3.8) is 0 Å². The molecule has 0 saturated heterocycles. The van der Waals surface area contributed by atoms with E-state index >= 15 is 0 Å². The topological polar surface area (TPSA) is 86.0 Å². The van der Waals surface area contributed by atoms with Crippen LogP contribution in [0.25, 0.3) is 11.3 Å². The zero-order valence-corrected chi connectivity index (χ0v) is 22.3. The first-order valence-corrected chi connectivity index (χ1v) is 12.2. The van der Waals surface area contributed by atoms with E-state index in [0.717, 1.165) is 15.6 Å². The summed E-state index contributed by atoms with van der Waals surface area (Å²) in [4.78, 5) is 12.9. The molecule has 0 saturated carbocycles. The quantitative estimate of drug-likeness (QED) is 0.176. The minimum absolute atomic E-state index is 0.249. The molecule has 1 heterocycles. The normalized spacial score (nSPS) is 11.0. The van der Waals surface area contributed by atoms with Crippen molar-refractivity contribution in [2.75, 3.05) is 7.11 Å². The number of nitrogens with zero attached hydrogens (tertiary/aromatic N) is 2. The molecule has 3 aromatic carbocycles. The highest BCUT2D eigenvalue weighted by atomic mass is 79.9. The van der Waals surface area contributed by atoms with Gasteiger partial charge in [-0.05, 0) is 70.9 Å². The fourth-order valence-electron chi connectivity index (χ4n) is 3.44. The third kappa shape index (κ3) is 5.90. The maximum atomic E-state index is 12.9. The number of hydrogen-bond donors (Lipinski definition) is 1. The smallest absolute Gasteiger partial charge is 0.277 e. The van der Waals surface area contributed by atoms with E-state index in [1.807, 2.05) is 18.2 Å². The number of ether oxygens (including phenoxy) is 2. The standard InChI is InChI=1S/C26H20BrCl2N3O4/c1-15-24(25(32-36-15)19-5-3-4-6-21(19)29)26(33)31-30-13-16-7-9-22(34-2)17(11-16)14-35-23-10-8-18(28)12-20(23)27/h3-13H,14H2,1-2H3,(H,31,33)/b30-13+. The first kappa shape index (κ1) is 25.8. The van der Waals surface area contributed by atoms with Gasteiger partial charge in [0.25, 0.3) is 5.91 Å². The van der Waals surface area contributed by atoms with Crippen LogP contribution in [0, 0.1) is 6.92 Å². The molecular formula is C26H20BrCl2N3O4. The average molecular weight is 589 g/mol. The maximum Gasteiger partial charge on any atom is 0.277 e. The van der Waals surface area contributed by atoms with Gasteiger partial charge in [0.1, 0.15) is 35.1 Å². The number of halogens is 3. The molecule has 0 aliphatic heterocycles. The lowest BCUT2D eigenvalue weighted by atomic mass is 10.1. The lowest BCUT2D eigenvalue weighted by molar-refractivity contribution is 0.0954. The summed E-state index contributed by atoms with van der Waals surface area (Å²) in [6.45, 7) is 1.90. The van der Waals surface area contributed by atoms with Crippen LogP contribution < -0.4 is 14.9 Å². The van der Waals surface area contributed by atoms with Gasteiger partial charge in [0.15, 0.2) is 0 Å². The van der Waals surface area contributed by atoms with Gasteiger partial charge < -0.3 is 14.0 Å². The van der Waals surface area contributed by atoms with Crippen molar-refractivity contribution in [3.05, 3.63) is 97.6 Å². The van der Waals surface area contributed by atoms with E-state index in [-0.39, 0.29) is 12.2 Å². The Morgan fingerprint density at radius 2 is 1.92 bits per heavy atom. The third-order valence-electron chi connectivity index (χ3n) is 5.18. The number of benzene rings is 3. The number of hydrazone groups is 1. The van der Waals surface area contributed by atoms with E-state index in [4.69, 9.17) is 37.2 Å². The first-order chi connectivity index (χ1) is 17.4. The summed E-state index contributed by atoms with van der Waals surface area (Å²) in [5, 5.41) is 9.18. The molecule has 0 aliphatic carbocycles. The van der Waals surface area contributed by atoms with E-state index in [1.165, 1.54) is 6.21 Å². The van der Waals surface area contributed by atoms with Crippen molar-refractivity contribution in [3.8, 4) is 22.8 Å². The molecule has 1 amide bonds. The summed E-state index contributed by atoms with van der Waals surface area (Å²) in [6, 6.07) is 17.9. The van der Waals surface area contributed by atoms with Gasteiger partial charge in [0, 0.05) is 16.1 Å². The SMILES string of the molecule is COc1ccc(/C=N/NC(=O)c2c(-c3ccccc3Cl)noc2C)cc1COc1ccc(Cl)cc1Br. The number of carbonyl (C=O) groups is 1. The van der Waals surface area contributed by atoms with Gasteiger partial charge >= 0.3 is 0 Å². The van der Waals surface area contributed by atoms with Gasteiger partial charge in [0.05, 0.1) is 22.8 Å². The van der Waals surface area contributed by atoms with Crippen LogP contribution in [0.5, 0.6) is 11.5 Å². The first-order valence-electron chi connectivity index (χ1n) is 10.7. The Bertz CT molecular complexity index is 1440. The van der Waals surface area contributed by atoms with Crippen LogP contribution >= 0.6 is 39.1 Å². The number of amides is 1. The summed E-state index contributed by atoms with van der Waals surface area (Å²) >= 11 is 15.7. The number of methoxy groups -OCH3 is 1. The van der Waals surface area contributed by atoms with Gasteiger partial charge in [-0.25, -0.2) is 5.43 Å². The second kappa shape index (κ2) is 11.6. The number of aromatic nitrogens is 1. The second-order valence-electron chi connectivity index (χ2n) is 7.58. The van der Waals surface area contributed by atoms with Crippen LogP contribution in [0.1, 0.15) is 27.2 Å². The van der Waals surface area contributed by atoms with E-state index in [2.05, 4.69) is 31.6 Å². The second-order valence-corrected chi connectivity index (χ2v) is 9.27. The lowest BCUT2D eigenvalue weighted by Gasteiger charge is -2.12. The molecule has 184 valence electrons. The molecule has 0 aliphatic rings. The minimum atomic E-state index is -0.468. The molecule has 4 aromatic rings. The number of nitrogens with one attached hydrogen (secondary N) is 1. The summed E-state index contributed by atoms with van der Waals surface area (Å²) in [5.74, 6) is 1.19. The van der Waals surface area contributed by atoms with Crippen molar-refractivity contribution >= 4 is 51.3 Å². The molecule has 10 heteroatoms. The molecule has 4 rings (SSSR count). The van der Waals surface area contributed by atoms with E-state index in [9.17, 15) is 4.79 Å². The molecule has 0 fully saturated rings. The Kier molecular flexibility index (Phi) is 8.30. The summed E-state index contributed by atoms with van der Waals surface area (Å²) in [7, 11) is 1.59. The number of aryl methyl sites for hydroxylation is 1. The van der Waals surface area contributed by atoms with Crippen LogP contribution in [0.2, 0.25) is 10.0 Å². The van der Waals surface area contributed by atoms with Crippen LogP contribution in [0.15, 0.2) is 74.8 Å². The van der Waals surface area contributed by atoms with Crippen LogP contribution in [-0.4, -0.2) is 24.4 Å². The molecule has 1 aromatic heterocycles. The Balaban J connectivity index is 1.48. The molecule has 7 nitrogen and oxygen atoms in total. The van der Waals surface area contributed by atoms with Crippen LogP contribution in [0.4, 0.5) is 0 Å². The maximum absolute atomic E-state index is 12.9. The number of carbonyl (C=O) groups excluding carboxylic acids is 1. The minimum Gasteiger partial charge on any atom is -0.496 e. The Labute approximate surface area is 226 Å². The average Bonchev–Trinajstić information content (AvgIpc) is 3.25. The predicted octanol–water partition coefficient (Wildman–Crippen LogP) is 7.07. The van der Waals surface area contributed by atoms with E-state index in [1.54, 1.807) is 56.5 Å². The molecule has 0 bridgehead atoms. The van der Waals surface area contributed by atoms with E-state index in [0.29, 0.717) is 38.6 Å². The summed E-state index contributed by atoms with van der Waals surface area (Å²) in [6.07, 6.45) is 1.52. The Morgan fingerprint density at radius 3 is 2.67 bits per heavy atom. The highest BCUT2D eigenvalue weighted by Crippen LogP contribution is 2.31. The fraction of sp³-hybridized carbons (Fsp3) is 0.115. The monoisotopic (exact) mass is 587 g/mol. The molecule has 1 N–H and O–H groups in total. The van der Waals surface area contributed by atoms with Crippen LogP contribution in [-0.2, 0) is 6.61 Å². The zero-order chi connectivity index (χ0) is 25.7. The van der Waals surface area contributed by atoms with Crippen molar-refractivity contribution in [1.29, 1.82) is 0 Å². The van der Waals surface area contributed by atoms with Gasteiger partial charge in [-0.3, -0.25) is 4.79 Å². The molecule has 0 spiro atoms. The van der Waals surface area contributed by atoms with Gasteiger partial charge in [-0.15, -0.1) is 0 Å². The van der Waals surface area contributed by atoms with Crippen LogP contribution in [0.3, 0.4) is 0 Å². The highest BCUT2D eigenvalue weighted by Gasteiger charge is 2.22. The number of rotatable bonds is 8. The molecular weight excluding hydrogens is 569 g/mol. The molecule has 0 atom stereocenters. The summed E-state index contributed by atoms with van der Waals surface area (Å²) in [5.41, 5.74) is 5.27. The largest absolute Gasteiger partial charge is 0.496 e. The Hall–Kier alpha value is -3.33. The van der Waals surface area contributed by atoms with Gasteiger partial charge in [-0.1, -0.05) is 46.6 Å². The van der Waals surface area contributed by atoms with Crippen molar-refractivity contribution in [1.82, 2.24) is 10.6 Å². The zero-order valence-electron chi connectivity index (χ0n) is 19.2. The molecule has 36 heavy (non-hydrogen) atoms. The third-order valence-corrected chi connectivity index (χ3v) is 6.36.